The predicted octanol–water partition coefficient (Wildman–Crippen LogP) is 1.19. The van der Waals surface area contributed by atoms with E-state index in [0.717, 1.165) is 0 Å². The van der Waals surface area contributed by atoms with Crippen LogP contribution in [0.25, 0.3) is 0 Å². The zero-order valence-corrected chi connectivity index (χ0v) is 9.19. The number of carbonyl (C=O) groups is 1. The molecule has 2 aliphatic rings. The van der Waals surface area contributed by atoms with E-state index in [1.807, 2.05) is 31.2 Å². The van der Waals surface area contributed by atoms with Crippen molar-refractivity contribution in [1.29, 1.82) is 0 Å². The quantitative estimate of drug-likeness (QED) is 0.707. The molecule has 0 bridgehead atoms. The maximum absolute atomic E-state index is 12.2. The molecular formula is C12H17NO2. The summed E-state index contributed by atoms with van der Waals surface area (Å²) < 4.78 is 5.45. The molecule has 1 aliphatic carbocycles. The molecule has 82 valence electrons. The topological polar surface area (TPSA) is 55.6 Å². The highest BCUT2D eigenvalue weighted by molar-refractivity contribution is 5.93. The molecule has 0 spiro atoms. The van der Waals surface area contributed by atoms with E-state index >= 15 is 0 Å². The molecule has 1 saturated heterocycles. The van der Waals surface area contributed by atoms with Crippen LogP contribution in [0.4, 0.5) is 0 Å². The van der Waals surface area contributed by atoms with Crippen LogP contribution in [0.3, 0.4) is 0 Å². The van der Waals surface area contributed by atoms with Crippen LogP contribution in [0.15, 0.2) is 24.3 Å². The molecule has 2 rings (SSSR count). The molecule has 1 unspecified atom stereocenters. The number of Topliss-reactive ketones (excluding diaryl/α,β-unsaturated/α-hetero) is 1. The molecule has 3 atom stereocenters. The van der Waals surface area contributed by atoms with Crippen LogP contribution in [0, 0.1) is 5.41 Å². The number of allylic oxidation sites excluding steroid dienone is 3. The Hall–Kier alpha value is -0.930. The van der Waals surface area contributed by atoms with Crippen molar-refractivity contribution in [2.45, 2.75) is 31.9 Å². The highest BCUT2D eigenvalue weighted by atomic mass is 16.6. The fourth-order valence-corrected chi connectivity index (χ4v) is 2.23. The number of nitrogens with two attached hydrogens (primary N) is 1. The van der Waals surface area contributed by atoms with Crippen LogP contribution in [-0.2, 0) is 9.53 Å². The lowest BCUT2D eigenvalue weighted by molar-refractivity contribution is -0.130. The molecule has 0 aromatic heterocycles. The molecule has 0 aromatic rings. The van der Waals surface area contributed by atoms with Crippen LogP contribution in [0.2, 0.25) is 0 Å². The Morgan fingerprint density at radius 3 is 2.60 bits per heavy atom. The van der Waals surface area contributed by atoms with E-state index in [1.54, 1.807) is 6.92 Å². The van der Waals surface area contributed by atoms with E-state index in [9.17, 15) is 4.79 Å². The van der Waals surface area contributed by atoms with Gasteiger partial charge in [0, 0.05) is 0 Å². The molecule has 3 nitrogen and oxygen atoms in total. The Morgan fingerprint density at radius 1 is 1.53 bits per heavy atom. The Morgan fingerprint density at radius 2 is 2.20 bits per heavy atom. The number of carbonyl (C=O) groups excluding carboxylic acids is 1. The number of ketones is 1. The fourth-order valence-electron chi connectivity index (χ4n) is 2.23. The Bertz CT molecular complexity index is 340. The Labute approximate surface area is 90.0 Å². The Balaban J connectivity index is 2.36. The third-order valence-corrected chi connectivity index (χ3v) is 3.44. The minimum Gasteiger partial charge on any atom is -0.368 e. The summed E-state index contributed by atoms with van der Waals surface area (Å²) in [5, 5.41) is 0. The van der Waals surface area contributed by atoms with Crippen molar-refractivity contribution >= 4 is 5.78 Å². The first-order chi connectivity index (χ1) is 7.02. The summed E-state index contributed by atoms with van der Waals surface area (Å²) in [6.07, 6.45) is 8.52. The number of epoxide rings is 1. The zero-order valence-electron chi connectivity index (χ0n) is 9.19. The third-order valence-electron chi connectivity index (χ3n) is 3.44. The summed E-state index contributed by atoms with van der Waals surface area (Å²) in [5.41, 5.74) is 4.82. The van der Waals surface area contributed by atoms with Crippen LogP contribution in [-0.4, -0.2) is 24.0 Å². The highest BCUT2D eigenvalue weighted by Gasteiger charge is 2.60. The van der Waals surface area contributed by atoms with E-state index in [-0.39, 0.29) is 11.4 Å². The van der Waals surface area contributed by atoms with Crippen molar-refractivity contribution in [1.82, 2.24) is 0 Å². The van der Waals surface area contributed by atoms with E-state index in [0.29, 0.717) is 13.0 Å². The lowest BCUT2D eigenvalue weighted by Crippen LogP contribution is -2.49. The lowest BCUT2D eigenvalue weighted by atomic mass is 9.67. The molecule has 0 amide bonds. The number of hydrogen-bond donors (Lipinski definition) is 1. The van der Waals surface area contributed by atoms with Gasteiger partial charge >= 0.3 is 0 Å². The van der Waals surface area contributed by atoms with Gasteiger partial charge in [0.05, 0.1) is 18.1 Å². The summed E-state index contributed by atoms with van der Waals surface area (Å²) in [6.45, 7) is 4.36. The maximum atomic E-state index is 12.2. The van der Waals surface area contributed by atoms with Crippen molar-refractivity contribution in [3.63, 3.8) is 0 Å². The molecule has 2 N–H and O–H groups in total. The van der Waals surface area contributed by atoms with E-state index in [1.165, 1.54) is 0 Å². The summed E-state index contributed by atoms with van der Waals surface area (Å²) >= 11 is 0. The van der Waals surface area contributed by atoms with Crippen LogP contribution >= 0.6 is 0 Å². The number of rotatable bonds is 3. The molecule has 15 heavy (non-hydrogen) atoms. The van der Waals surface area contributed by atoms with Crippen LogP contribution in [0.5, 0.6) is 0 Å². The molecule has 1 fully saturated rings. The Kier molecular flexibility index (Phi) is 2.32. The van der Waals surface area contributed by atoms with Gasteiger partial charge in [-0.1, -0.05) is 24.3 Å². The van der Waals surface area contributed by atoms with Gasteiger partial charge in [0.15, 0.2) is 5.78 Å². The van der Waals surface area contributed by atoms with Gasteiger partial charge in [0.25, 0.3) is 0 Å². The average molecular weight is 207 g/mol. The SMILES string of the molecule is C[C@H](N)C(=O)C1([C@]2(C)CO2)C=CC=CC1. The van der Waals surface area contributed by atoms with Gasteiger partial charge in [-0.2, -0.15) is 0 Å². The van der Waals surface area contributed by atoms with Gasteiger partial charge < -0.3 is 10.5 Å². The summed E-state index contributed by atoms with van der Waals surface area (Å²) in [6, 6.07) is -0.442. The van der Waals surface area contributed by atoms with Crippen molar-refractivity contribution in [3.05, 3.63) is 24.3 Å². The first-order valence-electron chi connectivity index (χ1n) is 5.30. The number of hydrogen-bond acceptors (Lipinski definition) is 3. The second kappa shape index (κ2) is 3.29. The second-order valence-corrected chi connectivity index (χ2v) is 4.64. The molecular weight excluding hydrogens is 190 g/mol. The minimum atomic E-state index is -0.546. The third kappa shape index (κ3) is 1.46. The second-order valence-electron chi connectivity index (χ2n) is 4.64. The first-order valence-corrected chi connectivity index (χ1v) is 5.30. The highest BCUT2D eigenvalue weighted by Crippen LogP contribution is 2.50. The van der Waals surface area contributed by atoms with Gasteiger partial charge in [-0.05, 0) is 20.3 Å². The molecule has 0 radical (unpaired) electrons. The zero-order chi connectivity index (χ0) is 11.1. The molecule has 1 heterocycles. The van der Waals surface area contributed by atoms with Crippen molar-refractivity contribution < 1.29 is 9.53 Å². The monoisotopic (exact) mass is 207 g/mol. The molecule has 3 heteroatoms. The maximum Gasteiger partial charge on any atom is 0.162 e. The molecule has 1 aliphatic heterocycles. The normalized spacial score (nSPS) is 40.2. The average Bonchev–Trinajstić information content (AvgIpc) is 2.98. The van der Waals surface area contributed by atoms with Gasteiger partial charge in [-0.3, -0.25) is 4.79 Å². The number of ether oxygens (including phenoxy) is 1. The van der Waals surface area contributed by atoms with Crippen molar-refractivity contribution in [3.8, 4) is 0 Å². The standard InChI is InChI=1S/C12H17NO2/c1-9(13)10(14)12(11(2)8-15-11)6-4-3-5-7-12/h3-6,9H,7-8,13H2,1-2H3/t9-,11-,12?/m0/s1. The largest absolute Gasteiger partial charge is 0.368 e. The van der Waals surface area contributed by atoms with Gasteiger partial charge in [-0.25, -0.2) is 0 Å². The van der Waals surface area contributed by atoms with Gasteiger partial charge in [0.1, 0.15) is 5.60 Å². The van der Waals surface area contributed by atoms with E-state index < -0.39 is 11.5 Å². The first kappa shape index (κ1) is 10.6. The lowest BCUT2D eigenvalue weighted by Gasteiger charge is -2.35. The van der Waals surface area contributed by atoms with Crippen molar-refractivity contribution in [2.24, 2.45) is 11.1 Å². The van der Waals surface area contributed by atoms with Gasteiger partial charge in [0.2, 0.25) is 0 Å². The van der Waals surface area contributed by atoms with Gasteiger partial charge in [-0.15, -0.1) is 0 Å². The van der Waals surface area contributed by atoms with Crippen LogP contribution < -0.4 is 5.73 Å². The van der Waals surface area contributed by atoms with Crippen LogP contribution in [0.1, 0.15) is 20.3 Å². The molecule has 0 aromatic carbocycles. The predicted molar refractivity (Wildman–Crippen MR) is 58.3 cm³/mol. The smallest absolute Gasteiger partial charge is 0.162 e. The van der Waals surface area contributed by atoms with E-state index in [4.69, 9.17) is 10.5 Å². The summed E-state index contributed by atoms with van der Waals surface area (Å²) in [7, 11) is 0. The summed E-state index contributed by atoms with van der Waals surface area (Å²) in [4.78, 5) is 12.2. The fraction of sp³-hybridized carbons (Fsp3) is 0.583. The van der Waals surface area contributed by atoms with E-state index in [2.05, 4.69) is 0 Å². The summed E-state index contributed by atoms with van der Waals surface area (Å²) in [5.74, 6) is 0.0723. The van der Waals surface area contributed by atoms with Crippen molar-refractivity contribution in [2.75, 3.05) is 6.61 Å². The minimum absolute atomic E-state index is 0.0723. The molecule has 0 saturated carbocycles.